The van der Waals surface area contributed by atoms with Gasteiger partial charge in [-0.1, -0.05) is 19.3 Å². The predicted octanol–water partition coefficient (Wildman–Crippen LogP) is 0.571. The molecule has 0 aromatic carbocycles. The van der Waals surface area contributed by atoms with Gasteiger partial charge >= 0.3 is 5.97 Å². The Labute approximate surface area is 89.9 Å². The quantitative estimate of drug-likeness (QED) is 0.675. The van der Waals surface area contributed by atoms with Gasteiger partial charge in [0.25, 0.3) is 0 Å². The summed E-state index contributed by atoms with van der Waals surface area (Å²) in [6.45, 7) is -0.0116. The molecule has 88 valence electrons. The van der Waals surface area contributed by atoms with Crippen molar-refractivity contribution >= 4 is 16.0 Å². The molecule has 6 heteroatoms. The molecule has 0 aromatic rings. The van der Waals surface area contributed by atoms with E-state index < -0.39 is 16.0 Å². The molecule has 0 aliphatic heterocycles. The first-order chi connectivity index (χ1) is 6.99. The van der Waals surface area contributed by atoms with Gasteiger partial charge in [0.2, 0.25) is 10.0 Å². The number of carboxylic acid groups (broad SMARTS) is 1. The Morgan fingerprint density at radius 2 is 2.07 bits per heavy atom. The zero-order valence-corrected chi connectivity index (χ0v) is 9.42. The van der Waals surface area contributed by atoms with Crippen molar-refractivity contribution in [3.8, 4) is 0 Å². The lowest BCUT2D eigenvalue weighted by Crippen LogP contribution is -2.30. The Morgan fingerprint density at radius 1 is 1.40 bits per heavy atom. The van der Waals surface area contributed by atoms with Crippen LogP contribution >= 0.6 is 0 Å². The molecule has 0 atom stereocenters. The minimum atomic E-state index is -3.26. The largest absolute Gasteiger partial charge is 0.481 e. The van der Waals surface area contributed by atoms with Gasteiger partial charge in [0.1, 0.15) is 0 Å². The molecular formula is C9H17NO4S. The number of carbonyl (C=O) groups is 1. The van der Waals surface area contributed by atoms with Crippen LogP contribution < -0.4 is 4.72 Å². The van der Waals surface area contributed by atoms with Crippen LogP contribution in [0.4, 0.5) is 0 Å². The molecule has 0 spiro atoms. The second-order valence-electron chi connectivity index (χ2n) is 3.94. The van der Waals surface area contributed by atoms with Crippen LogP contribution in [0.5, 0.6) is 0 Å². The molecule has 0 radical (unpaired) electrons. The standard InChI is InChI=1S/C9H17NO4S/c11-9(12)4-6-10-15(13,14)7-5-8-2-1-3-8/h8,10H,1-7H2,(H,11,12). The molecule has 5 nitrogen and oxygen atoms in total. The summed E-state index contributed by atoms with van der Waals surface area (Å²) in [7, 11) is -3.26. The van der Waals surface area contributed by atoms with Crippen molar-refractivity contribution in [2.24, 2.45) is 5.92 Å². The van der Waals surface area contributed by atoms with E-state index in [-0.39, 0.29) is 18.7 Å². The number of carboxylic acids is 1. The average molecular weight is 235 g/mol. The predicted molar refractivity (Wildman–Crippen MR) is 56.0 cm³/mol. The van der Waals surface area contributed by atoms with Crippen molar-refractivity contribution in [3.63, 3.8) is 0 Å². The lowest BCUT2D eigenvalue weighted by molar-refractivity contribution is -0.136. The van der Waals surface area contributed by atoms with Crippen molar-refractivity contribution in [3.05, 3.63) is 0 Å². The van der Waals surface area contributed by atoms with Crippen molar-refractivity contribution < 1.29 is 18.3 Å². The molecule has 0 saturated heterocycles. The number of hydrogen-bond acceptors (Lipinski definition) is 3. The second kappa shape index (κ2) is 5.46. The first kappa shape index (κ1) is 12.4. The zero-order valence-electron chi connectivity index (χ0n) is 8.61. The molecule has 1 rings (SSSR count). The minimum Gasteiger partial charge on any atom is -0.481 e. The topological polar surface area (TPSA) is 83.5 Å². The molecule has 0 unspecified atom stereocenters. The van der Waals surface area contributed by atoms with Gasteiger partial charge in [0.05, 0.1) is 12.2 Å². The normalized spacial score (nSPS) is 17.3. The Bertz CT molecular complexity index is 308. The van der Waals surface area contributed by atoms with Gasteiger partial charge in [-0.25, -0.2) is 13.1 Å². The van der Waals surface area contributed by atoms with Crippen molar-refractivity contribution in [2.75, 3.05) is 12.3 Å². The van der Waals surface area contributed by atoms with E-state index in [2.05, 4.69) is 4.72 Å². The summed E-state index contributed by atoms with van der Waals surface area (Å²) in [6.07, 6.45) is 4.00. The van der Waals surface area contributed by atoms with Crippen LogP contribution in [0.1, 0.15) is 32.1 Å². The van der Waals surface area contributed by atoms with Crippen molar-refractivity contribution in [2.45, 2.75) is 32.1 Å². The summed E-state index contributed by atoms with van der Waals surface area (Å²) in [5, 5.41) is 8.34. The fraction of sp³-hybridized carbons (Fsp3) is 0.889. The van der Waals surface area contributed by atoms with Crippen LogP contribution in [0.15, 0.2) is 0 Å². The number of rotatable bonds is 7. The van der Waals surface area contributed by atoms with E-state index in [0.29, 0.717) is 12.3 Å². The summed E-state index contributed by atoms with van der Waals surface area (Å²) in [6, 6.07) is 0. The highest BCUT2D eigenvalue weighted by Crippen LogP contribution is 2.29. The fourth-order valence-corrected chi connectivity index (χ4v) is 2.69. The van der Waals surface area contributed by atoms with Gasteiger partial charge in [-0.05, 0) is 12.3 Å². The SMILES string of the molecule is O=C(O)CCNS(=O)(=O)CCC1CCC1. The van der Waals surface area contributed by atoms with Gasteiger partial charge in [0.15, 0.2) is 0 Å². The van der Waals surface area contributed by atoms with Gasteiger partial charge in [-0.3, -0.25) is 4.79 Å². The van der Waals surface area contributed by atoms with Gasteiger partial charge in [-0.2, -0.15) is 0 Å². The number of aliphatic carboxylic acids is 1. The molecule has 0 heterocycles. The maximum Gasteiger partial charge on any atom is 0.304 e. The third kappa shape index (κ3) is 5.13. The van der Waals surface area contributed by atoms with Gasteiger partial charge in [-0.15, -0.1) is 0 Å². The molecular weight excluding hydrogens is 218 g/mol. The molecule has 0 bridgehead atoms. The molecule has 1 aliphatic rings. The Balaban J connectivity index is 2.16. The van der Waals surface area contributed by atoms with Crippen molar-refractivity contribution in [1.29, 1.82) is 0 Å². The summed E-state index contributed by atoms with van der Waals surface area (Å²) < 4.78 is 25.0. The number of sulfonamides is 1. The minimum absolute atomic E-state index is 0.0116. The van der Waals surface area contributed by atoms with E-state index in [1.807, 2.05) is 0 Å². The lowest BCUT2D eigenvalue weighted by Gasteiger charge is -2.24. The van der Waals surface area contributed by atoms with Crippen LogP contribution in [-0.4, -0.2) is 31.8 Å². The smallest absolute Gasteiger partial charge is 0.304 e. The summed E-state index contributed by atoms with van der Waals surface area (Å²) in [5.74, 6) is -0.310. The highest BCUT2D eigenvalue weighted by Gasteiger charge is 2.20. The molecule has 1 saturated carbocycles. The van der Waals surface area contributed by atoms with Crippen LogP contribution in [0.3, 0.4) is 0 Å². The van der Waals surface area contributed by atoms with Crippen LogP contribution in [0.25, 0.3) is 0 Å². The molecule has 0 amide bonds. The van der Waals surface area contributed by atoms with E-state index in [9.17, 15) is 13.2 Å². The fourth-order valence-electron chi connectivity index (χ4n) is 1.49. The first-order valence-corrected chi connectivity index (χ1v) is 6.84. The number of hydrogen-bond donors (Lipinski definition) is 2. The lowest BCUT2D eigenvalue weighted by atomic mass is 9.84. The van der Waals surface area contributed by atoms with Crippen LogP contribution in [0, 0.1) is 5.92 Å². The zero-order chi connectivity index (χ0) is 11.3. The third-order valence-corrected chi connectivity index (χ3v) is 4.10. The van der Waals surface area contributed by atoms with E-state index in [1.54, 1.807) is 0 Å². The van der Waals surface area contributed by atoms with E-state index in [0.717, 1.165) is 12.8 Å². The number of nitrogens with one attached hydrogen (secondary N) is 1. The summed E-state index contributed by atoms with van der Waals surface area (Å²) in [5.41, 5.74) is 0. The van der Waals surface area contributed by atoms with E-state index in [4.69, 9.17) is 5.11 Å². The van der Waals surface area contributed by atoms with Crippen LogP contribution in [0.2, 0.25) is 0 Å². The first-order valence-electron chi connectivity index (χ1n) is 5.19. The maximum absolute atomic E-state index is 11.4. The molecule has 2 N–H and O–H groups in total. The average Bonchev–Trinajstić information content (AvgIpc) is 1.99. The van der Waals surface area contributed by atoms with E-state index >= 15 is 0 Å². The third-order valence-electron chi connectivity index (χ3n) is 2.68. The molecule has 15 heavy (non-hydrogen) atoms. The molecule has 0 aromatic heterocycles. The molecule has 1 fully saturated rings. The van der Waals surface area contributed by atoms with Gasteiger partial charge < -0.3 is 5.11 Å². The van der Waals surface area contributed by atoms with Gasteiger partial charge in [0, 0.05) is 6.54 Å². The van der Waals surface area contributed by atoms with Crippen LogP contribution in [-0.2, 0) is 14.8 Å². The second-order valence-corrected chi connectivity index (χ2v) is 5.87. The Morgan fingerprint density at radius 3 is 2.53 bits per heavy atom. The Hall–Kier alpha value is -0.620. The highest BCUT2D eigenvalue weighted by molar-refractivity contribution is 7.89. The Kier molecular flexibility index (Phi) is 4.53. The summed E-state index contributed by atoms with van der Waals surface area (Å²) in [4.78, 5) is 10.2. The monoisotopic (exact) mass is 235 g/mol. The molecule has 1 aliphatic carbocycles. The summed E-state index contributed by atoms with van der Waals surface area (Å²) >= 11 is 0. The van der Waals surface area contributed by atoms with Crippen molar-refractivity contribution in [1.82, 2.24) is 4.72 Å². The maximum atomic E-state index is 11.4. The highest BCUT2D eigenvalue weighted by atomic mass is 32.2. The van der Waals surface area contributed by atoms with E-state index in [1.165, 1.54) is 6.42 Å².